The van der Waals surface area contributed by atoms with Gasteiger partial charge < -0.3 is 16.0 Å². The number of nitrogens with one attached hydrogen (secondary N) is 1. The number of rotatable bonds is 7. The van der Waals surface area contributed by atoms with Crippen LogP contribution in [0.15, 0.2) is 22.7 Å². The van der Waals surface area contributed by atoms with Crippen LogP contribution in [0.2, 0.25) is 0 Å². The van der Waals surface area contributed by atoms with Crippen molar-refractivity contribution in [2.24, 2.45) is 5.73 Å². The van der Waals surface area contributed by atoms with Crippen LogP contribution in [0.4, 0.5) is 5.69 Å². The Kier molecular flexibility index (Phi) is 7.02. The third kappa shape index (κ3) is 5.13. The van der Waals surface area contributed by atoms with Gasteiger partial charge in [0.25, 0.3) is 0 Å². The molecule has 112 valence electrons. The molecule has 0 saturated carbocycles. The van der Waals surface area contributed by atoms with E-state index in [2.05, 4.69) is 27.3 Å². The zero-order chi connectivity index (χ0) is 15.1. The van der Waals surface area contributed by atoms with Crippen LogP contribution >= 0.6 is 15.9 Å². The number of aryl methyl sites for hydroxylation is 1. The van der Waals surface area contributed by atoms with Gasteiger partial charge in [-0.25, -0.2) is 0 Å². The third-order valence-electron chi connectivity index (χ3n) is 3.23. The number of hydrogen-bond acceptors (Lipinski definition) is 3. The van der Waals surface area contributed by atoms with Gasteiger partial charge in [-0.15, -0.1) is 0 Å². The Morgan fingerprint density at radius 3 is 2.50 bits per heavy atom. The number of halogens is 1. The standard InChI is InChI=1S/C15H24BrN3O/c1-4-19(5-2)15(20)9-14(10-17)18-13-7-11(3)6-12(16)8-13/h6-8,14,18H,4-5,9-10,17H2,1-3H3. The number of benzene rings is 1. The summed E-state index contributed by atoms with van der Waals surface area (Å²) >= 11 is 3.47. The molecule has 0 saturated heterocycles. The number of hydrogen-bond donors (Lipinski definition) is 2. The lowest BCUT2D eigenvalue weighted by molar-refractivity contribution is -0.131. The molecule has 0 aliphatic rings. The topological polar surface area (TPSA) is 58.4 Å². The Hall–Kier alpha value is -1.07. The van der Waals surface area contributed by atoms with Crippen molar-refractivity contribution in [3.8, 4) is 0 Å². The number of carbonyl (C=O) groups excluding carboxylic acids is 1. The first-order valence-electron chi connectivity index (χ1n) is 7.01. The van der Waals surface area contributed by atoms with Crippen LogP contribution in [0.25, 0.3) is 0 Å². The molecule has 0 fully saturated rings. The molecule has 1 unspecified atom stereocenters. The Morgan fingerprint density at radius 2 is 2.00 bits per heavy atom. The second kappa shape index (κ2) is 8.27. The molecular weight excluding hydrogens is 318 g/mol. The van der Waals surface area contributed by atoms with Crippen molar-refractivity contribution in [1.29, 1.82) is 0 Å². The van der Waals surface area contributed by atoms with Gasteiger partial charge in [0.1, 0.15) is 0 Å². The second-order valence-corrected chi connectivity index (χ2v) is 5.78. The van der Waals surface area contributed by atoms with E-state index in [1.165, 1.54) is 0 Å². The number of amides is 1. The molecule has 0 heterocycles. The van der Waals surface area contributed by atoms with E-state index in [0.717, 1.165) is 28.8 Å². The normalized spacial score (nSPS) is 12.1. The summed E-state index contributed by atoms with van der Waals surface area (Å²) in [4.78, 5) is 13.9. The monoisotopic (exact) mass is 341 g/mol. The molecule has 4 nitrogen and oxygen atoms in total. The molecule has 3 N–H and O–H groups in total. The molecule has 20 heavy (non-hydrogen) atoms. The fraction of sp³-hybridized carbons (Fsp3) is 0.533. The van der Waals surface area contributed by atoms with Gasteiger partial charge in [0.05, 0.1) is 0 Å². The van der Waals surface area contributed by atoms with E-state index in [-0.39, 0.29) is 11.9 Å². The number of anilines is 1. The van der Waals surface area contributed by atoms with Crippen LogP contribution in [-0.4, -0.2) is 36.5 Å². The van der Waals surface area contributed by atoms with Gasteiger partial charge in [-0.3, -0.25) is 4.79 Å². The van der Waals surface area contributed by atoms with Crippen molar-refractivity contribution in [3.63, 3.8) is 0 Å². The summed E-state index contributed by atoms with van der Waals surface area (Å²) in [6, 6.07) is 6.05. The van der Waals surface area contributed by atoms with Gasteiger partial charge in [0.2, 0.25) is 5.91 Å². The highest BCUT2D eigenvalue weighted by Crippen LogP contribution is 2.20. The molecule has 1 atom stereocenters. The van der Waals surface area contributed by atoms with Crippen molar-refractivity contribution in [2.75, 3.05) is 25.0 Å². The maximum Gasteiger partial charge on any atom is 0.224 e. The van der Waals surface area contributed by atoms with Gasteiger partial charge in [-0.05, 0) is 44.5 Å². The van der Waals surface area contributed by atoms with Crippen molar-refractivity contribution in [3.05, 3.63) is 28.2 Å². The third-order valence-corrected chi connectivity index (χ3v) is 3.69. The largest absolute Gasteiger partial charge is 0.380 e. The first-order chi connectivity index (χ1) is 9.49. The number of nitrogens with two attached hydrogens (primary N) is 1. The summed E-state index contributed by atoms with van der Waals surface area (Å²) in [6.07, 6.45) is 0.420. The minimum Gasteiger partial charge on any atom is -0.380 e. The predicted molar refractivity (Wildman–Crippen MR) is 87.9 cm³/mol. The highest BCUT2D eigenvalue weighted by atomic mass is 79.9. The molecule has 0 bridgehead atoms. The minimum absolute atomic E-state index is 0.0446. The van der Waals surface area contributed by atoms with Crippen LogP contribution in [0, 0.1) is 6.92 Å². The van der Waals surface area contributed by atoms with Gasteiger partial charge >= 0.3 is 0 Å². The molecular formula is C15H24BrN3O. The zero-order valence-electron chi connectivity index (χ0n) is 12.4. The Balaban J connectivity index is 2.69. The SMILES string of the molecule is CCN(CC)C(=O)CC(CN)Nc1cc(C)cc(Br)c1. The van der Waals surface area contributed by atoms with E-state index >= 15 is 0 Å². The van der Waals surface area contributed by atoms with Crippen molar-refractivity contribution >= 4 is 27.5 Å². The summed E-state index contributed by atoms with van der Waals surface area (Å²) < 4.78 is 1.02. The van der Waals surface area contributed by atoms with E-state index in [1.54, 1.807) is 0 Å². The smallest absolute Gasteiger partial charge is 0.224 e. The molecule has 0 spiro atoms. The van der Waals surface area contributed by atoms with Crippen LogP contribution in [0.1, 0.15) is 25.8 Å². The van der Waals surface area contributed by atoms with Crippen LogP contribution in [0.3, 0.4) is 0 Å². The van der Waals surface area contributed by atoms with E-state index < -0.39 is 0 Å². The lowest BCUT2D eigenvalue weighted by atomic mass is 10.1. The molecule has 0 aliphatic carbocycles. The molecule has 0 aromatic heterocycles. The fourth-order valence-corrected chi connectivity index (χ4v) is 2.77. The lowest BCUT2D eigenvalue weighted by Crippen LogP contribution is -2.38. The quantitative estimate of drug-likeness (QED) is 0.801. The highest BCUT2D eigenvalue weighted by molar-refractivity contribution is 9.10. The van der Waals surface area contributed by atoms with Crippen LogP contribution < -0.4 is 11.1 Å². The van der Waals surface area contributed by atoms with Crippen molar-refractivity contribution < 1.29 is 4.79 Å². The first kappa shape index (κ1) is 17.0. The minimum atomic E-state index is -0.0446. The summed E-state index contributed by atoms with van der Waals surface area (Å²) in [6.45, 7) is 7.92. The Labute approximate surface area is 129 Å². The molecule has 1 aromatic carbocycles. The summed E-state index contributed by atoms with van der Waals surface area (Å²) in [5.74, 6) is 0.143. The highest BCUT2D eigenvalue weighted by Gasteiger charge is 2.16. The van der Waals surface area contributed by atoms with E-state index in [1.807, 2.05) is 37.8 Å². The maximum atomic E-state index is 12.1. The summed E-state index contributed by atoms with van der Waals surface area (Å²) in [7, 11) is 0. The van der Waals surface area contributed by atoms with Crippen molar-refractivity contribution in [1.82, 2.24) is 4.90 Å². The lowest BCUT2D eigenvalue weighted by Gasteiger charge is -2.23. The zero-order valence-corrected chi connectivity index (χ0v) is 14.0. The average Bonchev–Trinajstić information content (AvgIpc) is 2.38. The van der Waals surface area contributed by atoms with E-state index in [4.69, 9.17) is 5.73 Å². The second-order valence-electron chi connectivity index (χ2n) is 4.86. The maximum absolute atomic E-state index is 12.1. The van der Waals surface area contributed by atoms with E-state index in [0.29, 0.717) is 13.0 Å². The molecule has 1 rings (SSSR count). The van der Waals surface area contributed by atoms with Crippen molar-refractivity contribution in [2.45, 2.75) is 33.2 Å². The van der Waals surface area contributed by atoms with Gasteiger partial charge in [-0.2, -0.15) is 0 Å². The first-order valence-corrected chi connectivity index (χ1v) is 7.81. The van der Waals surface area contributed by atoms with Gasteiger partial charge in [0.15, 0.2) is 0 Å². The molecule has 1 amide bonds. The van der Waals surface area contributed by atoms with Crippen LogP contribution in [-0.2, 0) is 4.79 Å². The Morgan fingerprint density at radius 1 is 1.35 bits per heavy atom. The average molecular weight is 342 g/mol. The van der Waals surface area contributed by atoms with Gasteiger partial charge in [0, 0.05) is 42.3 Å². The van der Waals surface area contributed by atoms with E-state index in [9.17, 15) is 4.79 Å². The molecule has 0 radical (unpaired) electrons. The number of nitrogens with zero attached hydrogens (tertiary/aromatic N) is 1. The predicted octanol–water partition coefficient (Wildman–Crippen LogP) is 2.76. The summed E-state index contributed by atoms with van der Waals surface area (Å²) in [5.41, 5.74) is 7.93. The molecule has 1 aromatic rings. The van der Waals surface area contributed by atoms with Crippen LogP contribution in [0.5, 0.6) is 0 Å². The number of carbonyl (C=O) groups is 1. The molecule has 5 heteroatoms. The summed E-state index contributed by atoms with van der Waals surface area (Å²) in [5, 5.41) is 3.34. The molecule has 0 aliphatic heterocycles. The van der Waals surface area contributed by atoms with Gasteiger partial charge in [-0.1, -0.05) is 15.9 Å². The Bertz CT molecular complexity index is 426. The fourth-order valence-electron chi connectivity index (χ4n) is 2.16.